The summed E-state index contributed by atoms with van der Waals surface area (Å²) in [6, 6.07) is 16.7. The lowest BCUT2D eigenvalue weighted by molar-refractivity contribution is 0.370. The molecule has 120 valence electrons. The largest absolute Gasteiger partial charge is 0.243 e. The van der Waals surface area contributed by atoms with Crippen LogP contribution in [0.1, 0.15) is 30.0 Å². The number of nitrogens with zero attached hydrogens (tertiary/aromatic N) is 1. The van der Waals surface area contributed by atoms with E-state index in [0.29, 0.717) is 11.4 Å². The van der Waals surface area contributed by atoms with Crippen LogP contribution in [0.5, 0.6) is 0 Å². The third-order valence-electron chi connectivity index (χ3n) is 4.15. The molecule has 0 radical (unpaired) electrons. The van der Waals surface area contributed by atoms with Crippen molar-refractivity contribution < 1.29 is 8.42 Å². The first kappa shape index (κ1) is 16.0. The quantitative estimate of drug-likeness (QED) is 0.797. The summed E-state index contributed by atoms with van der Waals surface area (Å²) in [5, 5.41) is 0. The zero-order chi connectivity index (χ0) is 16.3. The molecule has 0 saturated heterocycles. The lowest BCUT2D eigenvalue weighted by Gasteiger charge is -2.28. The molecule has 0 spiro atoms. The number of allylic oxidation sites excluding steroid dienone is 1. The Morgan fingerprint density at radius 2 is 1.70 bits per heavy atom. The van der Waals surface area contributed by atoms with E-state index in [0.717, 1.165) is 24.0 Å². The Bertz CT molecular complexity index is 780. The monoisotopic (exact) mass is 327 g/mol. The van der Waals surface area contributed by atoms with Gasteiger partial charge in [-0.05, 0) is 37.5 Å². The van der Waals surface area contributed by atoms with E-state index < -0.39 is 10.0 Å². The maximum absolute atomic E-state index is 13.1. The first-order valence-electron chi connectivity index (χ1n) is 7.89. The topological polar surface area (TPSA) is 37.4 Å². The summed E-state index contributed by atoms with van der Waals surface area (Å²) < 4.78 is 27.9. The van der Waals surface area contributed by atoms with Crippen LogP contribution in [0, 0.1) is 6.92 Å². The Labute approximate surface area is 138 Å². The van der Waals surface area contributed by atoms with Gasteiger partial charge >= 0.3 is 0 Å². The molecular weight excluding hydrogens is 306 g/mol. The lowest BCUT2D eigenvalue weighted by Crippen LogP contribution is -2.34. The molecule has 0 fully saturated rings. The molecule has 0 aromatic heterocycles. The van der Waals surface area contributed by atoms with E-state index in [4.69, 9.17) is 0 Å². The van der Waals surface area contributed by atoms with Crippen LogP contribution in [-0.4, -0.2) is 19.3 Å². The second-order valence-corrected chi connectivity index (χ2v) is 7.75. The van der Waals surface area contributed by atoms with Gasteiger partial charge in [-0.15, -0.1) is 0 Å². The van der Waals surface area contributed by atoms with Crippen LogP contribution in [0.15, 0.2) is 71.6 Å². The van der Waals surface area contributed by atoms with Crippen LogP contribution in [0.4, 0.5) is 0 Å². The maximum atomic E-state index is 13.1. The van der Waals surface area contributed by atoms with E-state index in [1.165, 1.54) is 0 Å². The Morgan fingerprint density at radius 3 is 2.39 bits per heavy atom. The van der Waals surface area contributed by atoms with Crippen molar-refractivity contribution in [2.75, 3.05) is 6.54 Å². The fraction of sp³-hybridized carbons (Fsp3) is 0.263. The van der Waals surface area contributed by atoms with Gasteiger partial charge < -0.3 is 0 Å². The number of hydrogen-bond acceptors (Lipinski definition) is 2. The average molecular weight is 327 g/mol. The molecule has 3 rings (SSSR count). The number of benzene rings is 2. The Morgan fingerprint density at radius 1 is 1.00 bits per heavy atom. The summed E-state index contributed by atoms with van der Waals surface area (Å²) in [6.07, 6.45) is 5.84. The highest BCUT2D eigenvalue weighted by atomic mass is 32.2. The molecule has 1 atom stereocenters. The van der Waals surface area contributed by atoms with Crippen LogP contribution in [0.3, 0.4) is 0 Å². The Hall–Kier alpha value is -1.91. The summed E-state index contributed by atoms with van der Waals surface area (Å²) in [6.45, 7) is 2.49. The minimum Gasteiger partial charge on any atom is -0.207 e. The summed E-state index contributed by atoms with van der Waals surface area (Å²) in [7, 11) is -3.52. The van der Waals surface area contributed by atoms with Gasteiger partial charge in [0.25, 0.3) is 0 Å². The zero-order valence-corrected chi connectivity index (χ0v) is 14.0. The number of sulfonamides is 1. The number of hydrogen-bond donors (Lipinski definition) is 0. The smallest absolute Gasteiger partial charge is 0.207 e. The normalized spacial score (nSPS) is 19.4. The van der Waals surface area contributed by atoms with Crippen molar-refractivity contribution in [1.82, 2.24) is 4.31 Å². The predicted octanol–water partition coefficient (Wildman–Crippen LogP) is 4.08. The van der Waals surface area contributed by atoms with Gasteiger partial charge in [-0.25, -0.2) is 8.42 Å². The Balaban J connectivity index is 2.03. The maximum Gasteiger partial charge on any atom is 0.243 e. The highest BCUT2D eigenvalue weighted by Gasteiger charge is 2.31. The van der Waals surface area contributed by atoms with Crippen molar-refractivity contribution >= 4 is 10.0 Å². The molecule has 0 amide bonds. The summed E-state index contributed by atoms with van der Waals surface area (Å²) in [5.74, 6) is 0. The molecule has 1 unspecified atom stereocenters. The molecular formula is C19H21NO2S. The first-order valence-corrected chi connectivity index (χ1v) is 9.33. The summed E-state index contributed by atoms with van der Waals surface area (Å²) in [4.78, 5) is 0.360. The second kappa shape index (κ2) is 6.69. The SMILES string of the molecule is Cc1ccc(S(=O)(=O)N2CCCC=CC2c2ccccc2)cc1. The van der Waals surface area contributed by atoms with Crippen LogP contribution >= 0.6 is 0 Å². The first-order chi connectivity index (χ1) is 11.1. The van der Waals surface area contributed by atoms with Crippen LogP contribution in [-0.2, 0) is 10.0 Å². The zero-order valence-electron chi connectivity index (χ0n) is 13.2. The van der Waals surface area contributed by atoms with Crippen LogP contribution in [0.25, 0.3) is 0 Å². The molecule has 23 heavy (non-hydrogen) atoms. The van der Waals surface area contributed by atoms with Crippen LogP contribution in [0.2, 0.25) is 0 Å². The fourth-order valence-corrected chi connectivity index (χ4v) is 4.48. The lowest BCUT2D eigenvalue weighted by atomic mass is 10.1. The van der Waals surface area contributed by atoms with Gasteiger partial charge in [-0.2, -0.15) is 4.31 Å². The van der Waals surface area contributed by atoms with E-state index in [9.17, 15) is 8.42 Å². The van der Waals surface area contributed by atoms with Crippen molar-refractivity contribution in [3.63, 3.8) is 0 Å². The molecule has 4 heteroatoms. The molecule has 0 N–H and O–H groups in total. The van der Waals surface area contributed by atoms with E-state index >= 15 is 0 Å². The second-order valence-electron chi connectivity index (χ2n) is 5.85. The summed E-state index contributed by atoms with van der Waals surface area (Å²) >= 11 is 0. The molecule has 1 aliphatic heterocycles. The third kappa shape index (κ3) is 3.38. The number of rotatable bonds is 3. The molecule has 1 heterocycles. The van der Waals surface area contributed by atoms with Gasteiger partial charge in [-0.3, -0.25) is 0 Å². The van der Waals surface area contributed by atoms with E-state index in [-0.39, 0.29) is 6.04 Å². The molecule has 3 nitrogen and oxygen atoms in total. The minimum atomic E-state index is -3.52. The van der Waals surface area contributed by atoms with Gasteiger partial charge in [0.1, 0.15) is 0 Å². The van der Waals surface area contributed by atoms with Crippen molar-refractivity contribution in [3.05, 3.63) is 77.9 Å². The van der Waals surface area contributed by atoms with Crippen molar-refractivity contribution in [3.8, 4) is 0 Å². The van der Waals surface area contributed by atoms with E-state index in [2.05, 4.69) is 6.08 Å². The molecule has 0 bridgehead atoms. The summed E-state index contributed by atoms with van der Waals surface area (Å²) in [5.41, 5.74) is 2.06. The average Bonchev–Trinajstić information content (AvgIpc) is 2.82. The molecule has 0 aliphatic carbocycles. The standard InChI is InChI=1S/C19H21NO2S/c1-16-11-13-18(14-12-16)23(21,22)20-15-7-3-6-10-19(20)17-8-4-2-5-9-17/h2,4-6,8-14,19H,3,7,15H2,1H3. The fourth-order valence-electron chi connectivity index (χ4n) is 2.87. The third-order valence-corrected chi connectivity index (χ3v) is 6.04. The van der Waals surface area contributed by atoms with Crippen molar-refractivity contribution in [2.45, 2.75) is 30.7 Å². The van der Waals surface area contributed by atoms with Crippen molar-refractivity contribution in [1.29, 1.82) is 0 Å². The minimum absolute atomic E-state index is 0.245. The van der Waals surface area contributed by atoms with Gasteiger partial charge in [-0.1, -0.05) is 60.2 Å². The molecule has 1 aliphatic rings. The van der Waals surface area contributed by atoms with Crippen molar-refractivity contribution in [2.24, 2.45) is 0 Å². The van der Waals surface area contributed by atoms with Gasteiger partial charge in [0.15, 0.2) is 0 Å². The van der Waals surface area contributed by atoms with Gasteiger partial charge in [0, 0.05) is 6.54 Å². The van der Waals surface area contributed by atoms with Gasteiger partial charge in [0.05, 0.1) is 10.9 Å². The van der Waals surface area contributed by atoms with E-state index in [1.54, 1.807) is 16.4 Å². The van der Waals surface area contributed by atoms with E-state index in [1.807, 2.05) is 55.5 Å². The molecule has 2 aromatic rings. The predicted molar refractivity (Wildman–Crippen MR) is 92.6 cm³/mol. The molecule has 0 saturated carbocycles. The highest BCUT2D eigenvalue weighted by molar-refractivity contribution is 7.89. The highest BCUT2D eigenvalue weighted by Crippen LogP contribution is 2.31. The van der Waals surface area contributed by atoms with Crippen LogP contribution < -0.4 is 0 Å². The van der Waals surface area contributed by atoms with Gasteiger partial charge in [0.2, 0.25) is 10.0 Å². The number of aryl methyl sites for hydroxylation is 1. The Kier molecular flexibility index (Phi) is 4.64. The molecule has 2 aromatic carbocycles.